The molecule has 0 N–H and O–H groups in total. The molecular formula is C28H31NO2P2. The molecule has 5 heteroatoms. The highest BCUT2D eigenvalue weighted by molar-refractivity contribution is 7.79. The average Bonchev–Trinajstić information content (AvgIpc) is 3.65. The molecule has 33 heavy (non-hydrogen) atoms. The van der Waals surface area contributed by atoms with Crippen molar-refractivity contribution >= 4 is 27.1 Å². The molecule has 5 rings (SSSR count). The molecule has 2 aromatic heterocycles. The molecule has 0 spiro atoms. The highest BCUT2D eigenvalue weighted by Crippen LogP contribution is 2.76. The van der Waals surface area contributed by atoms with E-state index in [4.69, 9.17) is 8.83 Å². The standard InChI is InChI=1S/C28H31NO2P2/c1-2-3-20-29(33(27-16-10-21-30-27)28-17-11-22-31-28)32-25(23-12-6-4-7-13-23)18-19-26(32)24-14-8-5-9-15-24/h4-17,21-22,25-26H,2-3,18-20H2,1H3/t25-,26-/m1/s1. The van der Waals surface area contributed by atoms with Crippen LogP contribution >= 0.6 is 16.1 Å². The molecule has 0 saturated carbocycles. The first-order chi connectivity index (χ1) is 16.4. The van der Waals surface area contributed by atoms with E-state index in [-0.39, 0.29) is 0 Å². The van der Waals surface area contributed by atoms with Crippen molar-refractivity contribution in [3.63, 3.8) is 0 Å². The van der Waals surface area contributed by atoms with Gasteiger partial charge in [0.15, 0.2) is 0 Å². The first-order valence-corrected chi connectivity index (χ1v) is 14.6. The summed E-state index contributed by atoms with van der Waals surface area (Å²) in [6.45, 7) is 3.34. The lowest BCUT2D eigenvalue weighted by atomic mass is 10.0. The maximum Gasteiger partial charge on any atom is 0.148 e. The molecule has 0 amide bonds. The zero-order valence-corrected chi connectivity index (χ0v) is 20.9. The van der Waals surface area contributed by atoms with Gasteiger partial charge >= 0.3 is 0 Å². The van der Waals surface area contributed by atoms with E-state index in [1.54, 1.807) is 12.5 Å². The minimum atomic E-state index is -0.868. The summed E-state index contributed by atoms with van der Waals surface area (Å²) in [4.78, 5) is 0. The predicted molar refractivity (Wildman–Crippen MR) is 140 cm³/mol. The van der Waals surface area contributed by atoms with Gasteiger partial charge < -0.3 is 8.83 Å². The number of hydrogen-bond donors (Lipinski definition) is 0. The summed E-state index contributed by atoms with van der Waals surface area (Å²) < 4.78 is 14.9. The fourth-order valence-corrected chi connectivity index (χ4v) is 12.0. The number of furan rings is 2. The van der Waals surface area contributed by atoms with Crippen LogP contribution in [0, 0.1) is 0 Å². The van der Waals surface area contributed by atoms with Crippen LogP contribution in [0.3, 0.4) is 0 Å². The van der Waals surface area contributed by atoms with E-state index in [0.717, 1.165) is 17.5 Å². The van der Waals surface area contributed by atoms with Gasteiger partial charge in [0.25, 0.3) is 0 Å². The monoisotopic (exact) mass is 475 g/mol. The molecule has 2 atom stereocenters. The van der Waals surface area contributed by atoms with E-state index in [2.05, 4.69) is 84.2 Å². The zero-order valence-electron chi connectivity index (χ0n) is 19.1. The molecule has 4 aromatic rings. The third-order valence-electron chi connectivity index (χ3n) is 6.36. The second-order valence-electron chi connectivity index (χ2n) is 8.47. The lowest BCUT2D eigenvalue weighted by Gasteiger charge is -2.40. The van der Waals surface area contributed by atoms with Crippen molar-refractivity contribution in [3.05, 3.63) is 109 Å². The Morgan fingerprint density at radius 2 is 1.27 bits per heavy atom. The molecule has 0 bridgehead atoms. The third-order valence-corrected chi connectivity index (χ3v) is 12.6. The second kappa shape index (κ2) is 10.8. The number of nitrogens with zero attached hydrogens (tertiary/aromatic N) is 1. The molecule has 3 nitrogen and oxygen atoms in total. The van der Waals surface area contributed by atoms with Crippen LogP contribution in [0.1, 0.15) is 55.1 Å². The van der Waals surface area contributed by atoms with Gasteiger partial charge in [-0.15, -0.1) is 0 Å². The molecule has 3 heterocycles. The van der Waals surface area contributed by atoms with Gasteiger partial charge in [0, 0.05) is 17.9 Å². The van der Waals surface area contributed by atoms with Crippen molar-refractivity contribution in [2.45, 2.75) is 43.9 Å². The highest BCUT2D eigenvalue weighted by Gasteiger charge is 2.45. The Kier molecular flexibility index (Phi) is 7.42. The molecule has 170 valence electrons. The van der Waals surface area contributed by atoms with E-state index in [1.165, 1.54) is 36.8 Å². The van der Waals surface area contributed by atoms with Crippen LogP contribution in [0.5, 0.6) is 0 Å². The molecule has 1 aliphatic heterocycles. The normalized spacial score (nSPS) is 19.0. The molecule has 1 aliphatic rings. The van der Waals surface area contributed by atoms with E-state index < -0.39 is 16.1 Å². The number of hydrogen-bond acceptors (Lipinski definition) is 3. The number of unbranched alkanes of at least 4 members (excludes halogenated alkanes) is 1. The second-order valence-corrected chi connectivity index (χ2v) is 13.3. The molecular weight excluding hydrogens is 444 g/mol. The molecule has 2 aromatic carbocycles. The Balaban J connectivity index is 1.63. The van der Waals surface area contributed by atoms with Gasteiger partial charge in [0.2, 0.25) is 0 Å². The Labute approximate surface area is 199 Å². The van der Waals surface area contributed by atoms with Crippen molar-refractivity contribution < 1.29 is 8.83 Å². The average molecular weight is 476 g/mol. The maximum atomic E-state index is 6.06. The summed E-state index contributed by atoms with van der Waals surface area (Å²) in [5.41, 5.74) is 6.08. The van der Waals surface area contributed by atoms with Crippen LogP contribution in [0.15, 0.2) is 106 Å². The number of benzene rings is 2. The minimum Gasteiger partial charge on any atom is -0.463 e. The van der Waals surface area contributed by atoms with Crippen molar-refractivity contribution in [2.24, 2.45) is 0 Å². The van der Waals surface area contributed by atoms with Crippen molar-refractivity contribution in [2.75, 3.05) is 6.54 Å². The van der Waals surface area contributed by atoms with Crippen LogP contribution in [0.25, 0.3) is 0 Å². The van der Waals surface area contributed by atoms with Crippen LogP contribution in [0.4, 0.5) is 0 Å². The number of rotatable bonds is 9. The van der Waals surface area contributed by atoms with Gasteiger partial charge in [-0.1, -0.05) is 74.0 Å². The predicted octanol–water partition coefficient (Wildman–Crippen LogP) is 8.00. The van der Waals surface area contributed by atoms with E-state index in [9.17, 15) is 0 Å². The Bertz CT molecular complexity index is 1000. The van der Waals surface area contributed by atoms with Crippen LogP contribution in [0.2, 0.25) is 0 Å². The van der Waals surface area contributed by atoms with Crippen molar-refractivity contribution in [1.82, 2.24) is 4.44 Å². The smallest absolute Gasteiger partial charge is 0.148 e. The van der Waals surface area contributed by atoms with Gasteiger partial charge in [0.05, 0.1) is 12.5 Å². The van der Waals surface area contributed by atoms with Crippen LogP contribution in [-0.2, 0) is 0 Å². The van der Waals surface area contributed by atoms with Crippen LogP contribution < -0.4 is 11.0 Å². The van der Waals surface area contributed by atoms with Gasteiger partial charge in [-0.05, 0) is 62.7 Å². The van der Waals surface area contributed by atoms with Gasteiger partial charge in [-0.3, -0.25) is 0 Å². The summed E-state index contributed by atoms with van der Waals surface area (Å²) in [5, 5.41) is 0. The Morgan fingerprint density at radius 1 is 0.758 bits per heavy atom. The van der Waals surface area contributed by atoms with Crippen LogP contribution in [-0.4, -0.2) is 11.0 Å². The van der Waals surface area contributed by atoms with E-state index in [0.29, 0.717) is 11.3 Å². The minimum absolute atomic E-state index is 0.506. The molecule has 0 unspecified atom stereocenters. The van der Waals surface area contributed by atoms with Crippen molar-refractivity contribution in [3.8, 4) is 0 Å². The molecule has 0 radical (unpaired) electrons. The highest BCUT2D eigenvalue weighted by atomic mass is 31.2. The Hall–Kier alpha value is -2.18. The van der Waals surface area contributed by atoms with Crippen molar-refractivity contribution in [1.29, 1.82) is 0 Å². The largest absolute Gasteiger partial charge is 0.463 e. The fraction of sp³-hybridized carbons (Fsp3) is 0.286. The lowest BCUT2D eigenvalue weighted by Crippen LogP contribution is -2.26. The zero-order chi connectivity index (χ0) is 22.5. The summed E-state index contributed by atoms with van der Waals surface area (Å²) in [6.07, 6.45) is 8.38. The summed E-state index contributed by atoms with van der Waals surface area (Å²) in [7, 11) is -1.37. The summed E-state index contributed by atoms with van der Waals surface area (Å²) >= 11 is 0. The fourth-order valence-electron chi connectivity index (χ4n) is 4.84. The van der Waals surface area contributed by atoms with Gasteiger partial charge in [-0.25, -0.2) is 4.44 Å². The quantitative estimate of drug-likeness (QED) is 0.230. The SMILES string of the molecule is CCCCN(P(c1ccco1)c1ccco1)P1[C@@H](c2ccccc2)CC[C@@H]1c1ccccc1. The first kappa shape index (κ1) is 22.6. The third kappa shape index (κ3) is 4.87. The summed E-state index contributed by atoms with van der Waals surface area (Å²) in [5.74, 6) is 0. The van der Waals surface area contributed by atoms with E-state index in [1.807, 2.05) is 12.1 Å². The first-order valence-electron chi connectivity index (χ1n) is 11.9. The lowest BCUT2D eigenvalue weighted by molar-refractivity contribution is 0.573. The Morgan fingerprint density at radius 3 is 1.70 bits per heavy atom. The molecule has 1 fully saturated rings. The van der Waals surface area contributed by atoms with E-state index >= 15 is 0 Å². The molecule has 0 aliphatic carbocycles. The van der Waals surface area contributed by atoms with Gasteiger partial charge in [0.1, 0.15) is 19.1 Å². The summed E-state index contributed by atoms with van der Waals surface area (Å²) in [6, 6.07) is 30.6. The topological polar surface area (TPSA) is 29.5 Å². The molecule has 1 saturated heterocycles. The maximum absolute atomic E-state index is 6.06. The van der Waals surface area contributed by atoms with Gasteiger partial charge in [-0.2, -0.15) is 0 Å².